The van der Waals surface area contributed by atoms with E-state index in [0.717, 1.165) is 12.1 Å². The van der Waals surface area contributed by atoms with Crippen LogP contribution >= 0.6 is 0 Å². The number of hydrogen-bond acceptors (Lipinski definition) is 3. The molecule has 0 aliphatic heterocycles. The van der Waals surface area contributed by atoms with E-state index in [1.807, 2.05) is 0 Å². The second kappa shape index (κ2) is 7.46. The Bertz CT molecular complexity index is 503. The van der Waals surface area contributed by atoms with E-state index in [4.69, 9.17) is 16.9 Å². The zero-order chi connectivity index (χ0) is 15.1. The van der Waals surface area contributed by atoms with E-state index in [1.165, 1.54) is 6.92 Å². The molecule has 0 heterocycles. The largest absolute Gasteiger partial charge is 0.475 e. The maximum atomic E-state index is 13.7. The lowest BCUT2D eigenvalue weighted by atomic mass is 10.1. The number of nitrogens with two attached hydrogens (primary N) is 1. The standard InChI is InChI=1S/C14H16F2N2O2/c1-3-6-18-14(19)9(2)20-13-11(15)7-10(4-5-17)8-12(13)16/h1,7-9H,4-6,17H2,2H3,(H,18,19). The van der Waals surface area contributed by atoms with Crippen LogP contribution in [-0.2, 0) is 11.2 Å². The Hall–Kier alpha value is -2.13. The van der Waals surface area contributed by atoms with E-state index >= 15 is 0 Å². The molecular formula is C14H16F2N2O2. The Morgan fingerprint density at radius 3 is 2.60 bits per heavy atom. The summed E-state index contributed by atoms with van der Waals surface area (Å²) < 4.78 is 32.5. The molecule has 20 heavy (non-hydrogen) atoms. The summed E-state index contributed by atoms with van der Waals surface area (Å²) in [7, 11) is 0. The fraction of sp³-hybridized carbons (Fsp3) is 0.357. The molecular weight excluding hydrogens is 266 g/mol. The summed E-state index contributed by atoms with van der Waals surface area (Å²) in [6.45, 7) is 1.68. The lowest BCUT2D eigenvalue weighted by Gasteiger charge is -2.15. The first kappa shape index (κ1) is 15.9. The molecule has 0 spiro atoms. The first-order valence-electron chi connectivity index (χ1n) is 6.05. The van der Waals surface area contributed by atoms with Gasteiger partial charge in [0.2, 0.25) is 0 Å². The fourth-order valence-corrected chi connectivity index (χ4v) is 1.55. The monoisotopic (exact) mass is 282 g/mol. The molecule has 1 unspecified atom stereocenters. The van der Waals surface area contributed by atoms with E-state index in [9.17, 15) is 13.6 Å². The third-order valence-corrected chi connectivity index (χ3v) is 2.52. The molecule has 1 atom stereocenters. The molecule has 0 fully saturated rings. The van der Waals surface area contributed by atoms with Gasteiger partial charge in [0.1, 0.15) is 0 Å². The first-order valence-corrected chi connectivity index (χ1v) is 6.05. The summed E-state index contributed by atoms with van der Waals surface area (Å²) in [6, 6.07) is 2.27. The zero-order valence-corrected chi connectivity index (χ0v) is 11.1. The molecule has 4 nitrogen and oxygen atoms in total. The quantitative estimate of drug-likeness (QED) is 0.765. The van der Waals surface area contributed by atoms with Crippen LogP contribution in [0, 0.1) is 24.0 Å². The van der Waals surface area contributed by atoms with Gasteiger partial charge >= 0.3 is 0 Å². The van der Waals surface area contributed by atoms with Crippen LogP contribution < -0.4 is 15.8 Å². The minimum atomic E-state index is -1.06. The molecule has 1 aromatic carbocycles. The second-order valence-corrected chi connectivity index (χ2v) is 4.11. The molecule has 0 aliphatic carbocycles. The van der Waals surface area contributed by atoms with Crippen LogP contribution in [-0.4, -0.2) is 25.1 Å². The topological polar surface area (TPSA) is 64.3 Å². The van der Waals surface area contributed by atoms with Crippen molar-refractivity contribution in [2.24, 2.45) is 5.73 Å². The Balaban J connectivity index is 2.82. The third-order valence-electron chi connectivity index (χ3n) is 2.52. The second-order valence-electron chi connectivity index (χ2n) is 4.11. The Morgan fingerprint density at radius 2 is 2.10 bits per heavy atom. The van der Waals surface area contributed by atoms with Gasteiger partial charge in [0.05, 0.1) is 6.54 Å². The molecule has 0 aliphatic rings. The minimum Gasteiger partial charge on any atom is -0.475 e. The maximum Gasteiger partial charge on any atom is 0.261 e. The number of amides is 1. The van der Waals surface area contributed by atoms with Gasteiger partial charge in [-0.2, -0.15) is 0 Å². The molecule has 0 aromatic heterocycles. The van der Waals surface area contributed by atoms with Crippen molar-refractivity contribution in [3.05, 3.63) is 29.3 Å². The van der Waals surface area contributed by atoms with E-state index in [2.05, 4.69) is 11.2 Å². The van der Waals surface area contributed by atoms with Crippen LogP contribution in [0.2, 0.25) is 0 Å². The average molecular weight is 282 g/mol. The molecule has 0 radical (unpaired) electrons. The molecule has 1 aromatic rings. The van der Waals surface area contributed by atoms with Crippen LogP contribution in [0.15, 0.2) is 12.1 Å². The van der Waals surface area contributed by atoms with E-state index < -0.39 is 29.4 Å². The molecule has 3 N–H and O–H groups in total. The molecule has 6 heteroatoms. The first-order chi connectivity index (χ1) is 9.49. The van der Waals surface area contributed by atoms with Crippen LogP contribution in [0.4, 0.5) is 8.78 Å². The van der Waals surface area contributed by atoms with Gasteiger partial charge in [-0.25, -0.2) is 8.78 Å². The van der Waals surface area contributed by atoms with Gasteiger partial charge in [0.25, 0.3) is 5.91 Å². The highest BCUT2D eigenvalue weighted by molar-refractivity contribution is 5.80. The summed E-state index contributed by atoms with van der Waals surface area (Å²) in [5, 5.41) is 2.36. The highest BCUT2D eigenvalue weighted by atomic mass is 19.1. The molecule has 0 bridgehead atoms. The van der Waals surface area contributed by atoms with Crippen LogP contribution in [0.1, 0.15) is 12.5 Å². The van der Waals surface area contributed by atoms with E-state index in [0.29, 0.717) is 12.0 Å². The Kier molecular flexibility index (Phi) is 5.94. The Morgan fingerprint density at radius 1 is 1.50 bits per heavy atom. The number of carbonyl (C=O) groups excluding carboxylic acids is 1. The van der Waals surface area contributed by atoms with Crippen LogP contribution in [0.5, 0.6) is 5.75 Å². The average Bonchev–Trinajstić information content (AvgIpc) is 2.40. The summed E-state index contributed by atoms with van der Waals surface area (Å²) in [5.41, 5.74) is 5.75. The van der Waals surface area contributed by atoms with Crippen molar-refractivity contribution < 1.29 is 18.3 Å². The molecule has 1 amide bonds. The highest BCUT2D eigenvalue weighted by Gasteiger charge is 2.19. The van der Waals surface area contributed by atoms with Crippen molar-refractivity contribution in [2.75, 3.05) is 13.1 Å². The molecule has 108 valence electrons. The van der Waals surface area contributed by atoms with Gasteiger partial charge in [-0.1, -0.05) is 5.92 Å². The van der Waals surface area contributed by atoms with Crippen LogP contribution in [0.25, 0.3) is 0 Å². The van der Waals surface area contributed by atoms with Gasteiger partial charge in [0, 0.05) is 0 Å². The zero-order valence-electron chi connectivity index (χ0n) is 11.1. The van der Waals surface area contributed by atoms with Gasteiger partial charge in [-0.05, 0) is 37.6 Å². The molecule has 0 saturated carbocycles. The molecule has 1 rings (SSSR count). The van der Waals surface area contributed by atoms with Gasteiger partial charge in [-0.3, -0.25) is 4.79 Å². The lowest BCUT2D eigenvalue weighted by molar-refractivity contribution is -0.127. The lowest BCUT2D eigenvalue weighted by Crippen LogP contribution is -2.36. The van der Waals surface area contributed by atoms with Crippen molar-refractivity contribution in [2.45, 2.75) is 19.4 Å². The number of rotatable bonds is 6. The van der Waals surface area contributed by atoms with Gasteiger partial charge < -0.3 is 15.8 Å². The normalized spacial score (nSPS) is 11.6. The number of terminal acetylenes is 1. The van der Waals surface area contributed by atoms with E-state index in [-0.39, 0.29) is 13.1 Å². The van der Waals surface area contributed by atoms with Crippen molar-refractivity contribution >= 4 is 5.91 Å². The van der Waals surface area contributed by atoms with Gasteiger partial charge in [0.15, 0.2) is 23.5 Å². The van der Waals surface area contributed by atoms with E-state index in [1.54, 1.807) is 0 Å². The summed E-state index contributed by atoms with van der Waals surface area (Å²) in [6.07, 6.45) is 4.28. The van der Waals surface area contributed by atoms with Gasteiger partial charge in [-0.15, -0.1) is 6.42 Å². The van der Waals surface area contributed by atoms with Crippen LogP contribution in [0.3, 0.4) is 0 Å². The van der Waals surface area contributed by atoms with Crippen molar-refractivity contribution in [1.29, 1.82) is 0 Å². The maximum absolute atomic E-state index is 13.7. The number of ether oxygens (including phenoxy) is 1. The smallest absolute Gasteiger partial charge is 0.261 e. The number of halogens is 2. The van der Waals surface area contributed by atoms with Crippen molar-refractivity contribution in [3.63, 3.8) is 0 Å². The highest BCUT2D eigenvalue weighted by Crippen LogP contribution is 2.24. The fourth-order valence-electron chi connectivity index (χ4n) is 1.55. The summed E-state index contributed by atoms with van der Waals surface area (Å²) in [4.78, 5) is 11.5. The number of carbonyl (C=O) groups is 1. The molecule has 0 saturated heterocycles. The number of nitrogens with one attached hydrogen (secondary N) is 1. The summed E-state index contributed by atoms with van der Waals surface area (Å²) >= 11 is 0. The number of hydrogen-bond donors (Lipinski definition) is 2. The Labute approximate surface area is 116 Å². The SMILES string of the molecule is C#CCNC(=O)C(C)Oc1c(F)cc(CCN)cc1F. The summed E-state index contributed by atoms with van der Waals surface area (Å²) in [5.74, 6) is -0.664. The number of benzene rings is 1. The predicted octanol–water partition coefficient (Wildman–Crippen LogP) is 0.983. The predicted molar refractivity (Wildman–Crippen MR) is 71.0 cm³/mol. The third kappa shape index (κ3) is 4.21. The van der Waals surface area contributed by atoms with Crippen molar-refractivity contribution in [1.82, 2.24) is 5.32 Å². The van der Waals surface area contributed by atoms with Crippen molar-refractivity contribution in [3.8, 4) is 18.1 Å². The minimum absolute atomic E-state index is 0.0208.